The highest BCUT2D eigenvalue weighted by molar-refractivity contribution is 5.79. The molecule has 0 unspecified atom stereocenters. The van der Waals surface area contributed by atoms with Crippen molar-refractivity contribution < 1.29 is 9.53 Å². The van der Waals surface area contributed by atoms with Gasteiger partial charge in [-0.15, -0.1) is 0 Å². The van der Waals surface area contributed by atoms with E-state index in [4.69, 9.17) is 4.74 Å². The number of amides is 1. The molecule has 1 heterocycles. The van der Waals surface area contributed by atoms with Crippen molar-refractivity contribution in [2.45, 2.75) is 19.9 Å². The third-order valence-electron chi connectivity index (χ3n) is 3.18. The van der Waals surface area contributed by atoms with Gasteiger partial charge in [0.1, 0.15) is 5.75 Å². The molecule has 1 aromatic heterocycles. The van der Waals surface area contributed by atoms with Crippen LogP contribution in [-0.2, 0) is 17.8 Å². The highest BCUT2D eigenvalue weighted by Crippen LogP contribution is 2.20. The monoisotopic (exact) mass is 273 g/mol. The van der Waals surface area contributed by atoms with E-state index in [0.29, 0.717) is 13.0 Å². The van der Waals surface area contributed by atoms with E-state index in [1.165, 1.54) is 0 Å². The number of nitrogens with zero attached hydrogens (tertiary/aromatic N) is 2. The fraction of sp³-hybridized carbons (Fsp3) is 0.333. The van der Waals surface area contributed by atoms with Gasteiger partial charge in [0.05, 0.1) is 19.7 Å². The lowest BCUT2D eigenvalue weighted by Gasteiger charge is -2.17. The van der Waals surface area contributed by atoms with Gasteiger partial charge in [0.2, 0.25) is 5.91 Å². The van der Waals surface area contributed by atoms with Gasteiger partial charge < -0.3 is 9.64 Å². The van der Waals surface area contributed by atoms with Crippen molar-refractivity contribution in [3.63, 3.8) is 0 Å². The SMILES string of the molecule is COc1ccc(C)cc1CC(=O)N(C)Cc1cn[nH]c1. The number of carbonyl (C=O) groups excluding carboxylic acids is 1. The van der Waals surface area contributed by atoms with Crippen molar-refractivity contribution in [1.29, 1.82) is 0 Å². The Morgan fingerprint density at radius 2 is 2.25 bits per heavy atom. The first kappa shape index (κ1) is 14.1. The Hall–Kier alpha value is -2.30. The zero-order chi connectivity index (χ0) is 14.5. The Bertz CT molecular complexity index is 579. The molecule has 0 fully saturated rings. The van der Waals surface area contributed by atoms with Gasteiger partial charge in [-0.3, -0.25) is 9.89 Å². The molecular weight excluding hydrogens is 254 g/mol. The second kappa shape index (κ2) is 6.23. The molecule has 0 spiro atoms. The van der Waals surface area contributed by atoms with Crippen LogP contribution in [0.15, 0.2) is 30.6 Å². The highest BCUT2D eigenvalue weighted by Gasteiger charge is 2.13. The minimum absolute atomic E-state index is 0.0510. The number of benzene rings is 1. The number of H-pyrrole nitrogens is 1. The fourth-order valence-electron chi connectivity index (χ4n) is 2.07. The maximum absolute atomic E-state index is 12.3. The normalized spacial score (nSPS) is 10.3. The molecule has 0 aliphatic carbocycles. The van der Waals surface area contributed by atoms with Crippen LogP contribution in [0.1, 0.15) is 16.7 Å². The predicted molar refractivity (Wildman–Crippen MR) is 76.5 cm³/mol. The van der Waals surface area contributed by atoms with Crippen LogP contribution in [0, 0.1) is 6.92 Å². The van der Waals surface area contributed by atoms with Crippen molar-refractivity contribution in [3.8, 4) is 5.75 Å². The first-order chi connectivity index (χ1) is 9.60. The molecule has 2 aromatic rings. The molecular formula is C15H19N3O2. The lowest BCUT2D eigenvalue weighted by Crippen LogP contribution is -2.27. The van der Waals surface area contributed by atoms with Crippen molar-refractivity contribution in [1.82, 2.24) is 15.1 Å². The fourth-order valence-corrected chi connectivity index (χ4v) is 2.07. The second-order valence-corrected chi connectivity index (χ2v) is 4.85. The number of aromatic nitrogens is 2. The molecule has 0 atom stereocenters. The number of aryl methyl sites for hydroxylation is 1. The van der Waals surface area contributed by atoms with Gasteiger partial charge in [0, 0.05) is 30.9 Å². The van der Waals surface area contributed by atoms with Crippen molar-refractivity contribution in [2.75, 3.05) is 14.2 Å². The zero-order valence-electron chi connectivity index (χ0n) is 12.0. The van der Waals surface area contributed by atoms with Crippen LogP contribution in [0.2, 0.25) is 0 Å². The average Bonchev–Trinajstić information content (AvgIpc) is 2.91. The van der Waals surface area contributed by atoms with Crippen LogP contribution < -0.4 is 4.74 Å². The van der Waals surface area contributed by atoms with E-state index >= 15 is 0 Å². The van der Waals surface area contributed by atoms with Gasteiger partial charge in [-0.1, -0.05) is 17.7 Å². The number of rotatable bonds is 5. The highest BCUT2D eigenvalue weighted by atomic mass is 16.5. The van der Waals surface area contributed by atoms with Crippen LogP contribution >= 0.6 is 0 Å². The third kappa shape index (κ3) is 3.38. The van der Waals surface area contributed by atoms with E-state index in [1.54, 1.807) is 31.5 Å². The number of likely N-dealkylation sites (N-methyl/N-ethyl adjacent to an activating group) is 1. The summed E-state index contributed by atoms with van der Waals surface area (Å²) in [7, 11) is 3.41. The zero-order valence-corrected chi connectivity index (χ0v) is 12.0. The van der Waals surface area contributed by atoms with Crippen molar-refractivity contribution >= 4 is 5.91 Å². The van der Waals surface area contributed by atoms with Crippen molar-refractivity contribution in [2.24, 2.45) is 0 Å². The molecule has 0 bridgehead atoms. The topological polar surface area (TPSA) is 58.2 Å². The number of carbonyl (C=O) groups is 1. The molecule has 106 valence electrons. The summed E-state index contributed by atoms with van der Waals surface area (Å²) in [6, 6.07) is 5.86. The van der Waals surface area contributed by atoms with Crippen LogP contribution in [-0.4, -0.2) is 35.2 Å². The van der Waals surface area contributed by atoms with Crippen LogP contribution in [0.4, 0.5) is 0 Å². The molecule has 0 saturated heterocycles. The van der Waals surface area contributed by atoms with E-state index in [-0.39, 0.29) is 5.91 Å². The lowest BCUT2D eigenvalue weighted by atomic mass is 10.1. The van der Waals surface area contributed by atoms with E-state index in [0.717, 1.165) is 22.4 Å². The molecule has 2 rings (SSSR count). The summed E-state index contributed by atoms with van der Waals surface area (Å²) < 4.78 is 5.30. The summed E-state index contributed by atoms with van der Waals surface area (Å²) in [5.41, 5.74) is 3.01. The van der Waals surface area contributed by atoms with Crippen molar-refractivity contribution in [3.05, 3.63) is 47.3 Å². The molecule has 1 amide bonds. The quantitative estimate of drug-likeness (QED) is 0.905. The molecule has 0 saturated carbocycles. The molecule has 20 heavy (non-hydrogen) atoms. The summed E-state index contributed by atoms with van der Waals surface area (Å²) in [6.45, 7) is 2.55. The van der Waals surface area contributed by atoms with Crippen LogP contribution in [0.25, 0.3) is 0 Å². The smallest absolute Gasteiger partial charge is 0.227 e. The number of ether oxygens (including phenoxy) is 1. The summed E-state index contributed by atoms with van der Waals surface area (Å²) >= 11 is 0. The minimum Gasteiger partial charge on any atom is -0.496 e. The Balaban J connectivity index is 2.05. The maximum Gasteiger partial charge on any atom is 0.227 e. The Labute approximate surface area is 118 Å². The van der Waals surface area contributed by atoms with E-state index in [9.17, 15) is 4.79 Å². The van der Waals surface area contributed by atoms with Gasteiger partial charge >= 0.3 is 0 Å². The average molecular weight is 273 g/mol. The summed E-state index contributed by atoms with van der Waals surface area (Å²) in [5, 5.41) is 6.62. The molecule has 5 nitrogen and oxygen atoms in total. The van der Waals surface area contributed by atoms with Gasteiger partial charge in [-0.2, -0.15) is 5.10 Å². The molecule has 1 aromatic carbocycles. The summed E-state index contributed by atoms with van der Waals surface area (Å²) in [4.78, 5) is 13.9. The number of nitrogens with one attached hydrogen (secondary N) is 1. The predicted octanol–water partition coefficient (Wildman–Crippen LogP) is 1.93. The third-order valence-corrected chi connectivity index (χ3v) is 3.18. The Kier molecular flexibility index (Phi) is 4.40. The Morgan fingerprint density at radius 1 is 1.45 bits per heavy atom. The lowest BCUT2D eigenvalue weighted by molar-refractivity contribution is -0.129. The summed E-state index contributed by atoms with van der Waals surface area (Å²) in [6.07, 6.45) is 3.84. The van der Waals surface area contributed by atoms with Gasteiger partial charge in [-0.05, 0) is 13.0 Å². The van der Waals surface area contributed by atoms with Gasteiger partial charge in [0.25, 0.3) is 0 Å². The van der Waals surface area contributed by atoms with E-state index in [2.05, 4.69) is 10.2 Å². The molecule has 1 N–H and O–H groups in total. The molecule has 0 radical (unpaired) electrons. The maximum atomic E-state index is 12.3. The number of hydrogen-bond acceptors (Lipinski definition) is 3. The summed E-state index contributed by atoms with van der Waals surface area (Å²) in [5.74, 6) is 0.802. The number of aromatic amines is 1. The van der Waals surface area contributed by atoms with E-state index in [1.807, 2.05) is 25.1 Å². The number of hydrogen-bond donors (Lipinski definition) is 1. The van der Waals surface area contributed by atoms with Crippen LogP contribution in [0.5, 0.6) is 5.75 Å². The van der Waals surface area contributed by atoms with Crippen LogP contribution in [0.3, 0.4) is 0 Å². The second-order valence-electron chi connectivity index (χ2n) is 4.85. The van der Waals surface area contributed by atoms with E-state index < -0.39 is 0 Å². The molecule has 0 aliphatic heterocycles. The van der Waals surface area contributed by atoms with Gasteiger partial charge in [-0.25, -0.2) is 0 Å². The molecule has 0 aliphatic rings. The molecule has 5 heteroatoms. The first-order valence-corrected chi connectivity index (χ1v) is 6.45. The first-order valence-electron chi connectivity index (χ1n) is 6.45. The minimum atomic E-state index is 0.0510. The number of methoxy groups -OCH3 is 1. The Morgan fingerprint density at radius 3 is 2.90 bits per heavy atom. The largest absolute Gasteiger partial charge is 0.496 e. The van der Waals surface area contributed by atoms with Gasteiger partial charge in [0.15, 0.2) is 0 Å². The standard InChI is InChI=1S/C15H19N3O2/c1-11-4-5-14(20-3)13(6-11)7-15(19)18(2)10-12-8-16-17-9-12/h4-6,8-9H,7,10H2,1-3H3,(H,16,17).